The standard InChI is InChI=1S/C13H13NO3S/c1-16-11-4-2-3-10(14)12(11)13(15)17-7-9-5-6-18-8-9/h2-6,8H,7,14H2,1H3. The Labute approximate surface area is 109 Å². The molecule has 0 saturated heterocycles. The number of methoxy groups -OCH3 is 1. The van der Waals surface area contributed by atoms with E-state index in [-0.39, 0.29) is 12.2 Å². The van der Waals surface area contributed by atoms with E-state index in [4.69, 9.17) is 15.2 Å². The van der Waals surface area contributed by atoms with Gasteiger partial charge in [-0.2, -0.15) is 11.3 Å². The molecule has 2 rings (SSSR count). The van der Waals surface area contributed by atoms with Crippen LogP contribution in [0.3, 0.4) is 0 Å². The number of hydrogen-bond donors (Lipinski definition) is 1. The summed E-state index contributed by atoms with van der Waals surface area (Å²) in [5.74, 6) is -0.0542. The van der Waals surface area contributed by atoms with Gasteiger partial charge in [-0.25, -0.2) is 4.79 Å². The number of anilines is 1. The Hall–Kier alpha value is -2.01. The number of rotatable bonds is 4. The van der Waals surface area contributed by atoms with Crippen LogP contribution in [0.15, 0.2) is 35.0 Å². The summed E-state index contributed by atoms with van der Waals surface area (Å²) in [7, 11) is 1.49. The van der Waals surface area contributed by atoms with Crippen LogP contribution in [0.25, 0.3) is 0 Å². The molecule has 0 aliphatic heterocycles. The van der Waals surface area contributed by atoms with Crippen molar-refractivity contribution in [1.82, 2.24) is 0 Å². The second kappa shape index (κ2) is 5.55. The van der Waals surface area contributed by atoms with Gasteiger partial charge < -0.3 is 15.2 Å². The summed E-state index contributed by atoms with van der Waals surface area (Å²) in [6, 6.07) is 6.95. The zero-order valence-electron chi connectivity index (χ0n) is 9.88. The summed E-state index contributed by atoms with van der Waals surface area (Å²) >= 11 is 1.56. The van der Waals surface area contributed by atoms with Gasteiger partial charge in [0.25, 0.3) is 0 Å². The Morgan fingerprint density at radius 3 is 2.89 bits per heavy atom. The first kappa shape index (κ1) is 12.4. The average molecular weight is 263 g/mol. The van der Waals surface area contributed by atoms with Gasteiger partial charge in [0.1, 0.15) is 17.9 Å². The fourth-order valence-electron chi connectivity index (χ4n) is 1.53. The summed E-state index contributed by atoms with van der Waals surface area (Å²) in [5, 5.41) is 3.86. The highest BCUT2D eigenvalue weighted by Gasteiger charge is 2.17. The van der Waals surface area contributed by atoms with Crippen molar-refractivity contribution in [2.75, 3.05) is 12.8 Å². The first-order valence-electron chi connectivity index (χ1n) is 5.33. The molecule has 1 aromatic carbocycles. The van der Waals surface area contributed by atoms with E-state index < -0.39 is 5.97 Å². The number of hydrogen-bond acceptors (Lipinski definition) is 5. The number of esters is 1. The molecule has 0 unspecified atom stereocenters. The fraction of sp³-hybridized carbons (Fsp3) is 0.154. The Balaban J connectivity index is 2.13. The van der Waals surface area contributed by atoms with Crippen LogP contribution >= 0.6 is 11.3 Å². The average Bonchev–Trinajstić information content (AvgIpc) is 2.88. The topological polar surface area (TPSA) is 61.5 Å². The van der Waals surface area contributed by atoms with Gasteiger partial charge in [0.05, 0.1) is 7.11 Å². The van der Waals surface area contributed by atoms with Gasteiger partial charge >= 0.3 is 5.97 Å². The second-order valence-corrected chi connectivity index (χ2v) is 4.41. The molecule has 2 aromatic rings. The summed E-state index contributed by atoms with van der Waals surface area (Å²) in [4.78, 5) is 12.0. The molecule has 0 atom stereocenters. The van der Waals surface area contributed by atoms with Gasteiger partial charge in [-0.3, -0.25) is 0 Å². The van der Waals surface area contributed by atoms with Gasteiger partial charge in [0, 0.05) is 11.3 Å². The predicted octanol–water partition coefficient (Wildman–Crippen LogP) is 2.70. The maximum Gasteiger partial charge on any atom is 0.344 e. The van der Waals surface area contributed by atoms with Crippen molar-refractivity contribution in [2.45, 2.75) is 6.61 Å². The molecule has 1 heterocycles. The summed E-state index contributed by atoms with van der Waals surface area (Å²) in [5.41, 5.74) is 7.35. The van der Waals surface area contributed by atoms with Gasteiger partial charge in [0.15, 0.2) is 0 Å². The Kier molecular flexibility index (Phi) is 3.84. The molecular formula is C13H13NO3S. The van der Waals surface area contributed by atoms with Crippen LogP contribution in [0, 0.1) is 0 Å². The molecule has 2 N–H and O–H groups in total. The number of carbonyl (C=O) groups is 1. The van der Waals surface area contributed by atoms with Crippen LogP contribution in [0.4, 0.5) is 5.69 Å². The highest BCUT2D eigenvalue weighted by Crippen LogP contribution is 2.25. The lowest BCUT2D eigenvalue weighted by atomic mass is 10.1. The molecule has 1 aromatic heterocycles. The smallest absolute Gasteiger partial charge is 0.344 e. The Morgan fingerprint density at radius 2 is 2.22 bits per heavy atom. The molecule has 0 amide bonds. The van der Waals surface area contributed by atoms with E-state index in [0.717, 1.165) is 5.56 Å². The molecule has 0 bridgehead atoms. The van der Waals surface area contributed by atoms with Crippen molar-refractivity contribution in [1.29, 1.82) is 0 Å². The first-order valence-corrected chi connectivity index (χ1v) is 6.27. The van der Waals surface area contributed by atoms with Crippen LogP contribution in [0.5, 0.6) is 5.75 Å². The van der Waals surface area contributed by atoms with Gasteiger partial charge in [-0.05, 0) is 29.0 Å². The third-order valence-electron chi connectivity index (χ3n) is 2.43. The van der Waals surface area contributed by atoms with E-state index in [1.54, 1.807) is 29.5 Å². The minimum absolute atomic E-state index is 0.236. The minimum Gasteiger partial charge on any atom is -0.496 e. The van der Waals surface area contributed by atoms with Gasteiger partial charge in [-0.15, -0.1) is 0 Å². The molecule has 18 heavy (non-hydrogen) atoms. The molecule has 0 spiro atoms. The molecule has 0 aliphatic rings. The van der Waals surface area contributed by atoms with Crippen LogP contribution in [0.1, 0.15) is 15.9 Å². The van der Waals surface area contributed by atoms with Crippen LogP contribution in [-0.2, 0) is 11.3 Å². The van der Waals surface area contributed by atoms with Crippen LogP contribution in [0.2, 0.25) is 0 Å². The maximum absolute atomic E-state index is 12.0. The summed E-state index contributed by atoms with van der Waals surface area (Å²) in [6.45, 7) is 0.236. The number of nitrogen functional groups attached to an aromatic ring is 1. The monoisotopic (exact) mass is 263 g/mol. The largest absolute Gasteiger partial charge is 0.496 e. The van der Waals surface area contributed by atoms with Crippen molar-refractivity contribution < 1.29 is 14.3 Å². The Morgan fingerprint density at radius 1 is 1.39 bits per heavy atom. The highest BCUT2D eigenvalue weighted by molar-refractivity contribution is 7.07. The fourth-order valence-corrected chi connectivity index (χ4v) is 2.19. The summed E-state index contributed by atoms with van der Waals surface area (Å²) < 4.78 is 10.3. The minimum atomic E-state index is -0.476. The molecule has 94 valence electrons. The van der Waals surface area contributed by atoms with E-state index in [0.29, 0.717) is 11.4 Å². The summed E-state index contributed by atoms with van der Waals surface area (Å²) in [6.07, 6.45) is 0. The predicted molar refractivity (Wildman–Crippen MR) is 70.8 cm³/mol. The number of benzene rings is 1. The van der Waals surface area contributed by atoms with Crippen molar-refractivity contribution in [2.24, 2.45) is 0 Å². The lowest BCUT2D eigenvalue weighted by Crippen LogP contribution is -2.09. The number of ether oxygens (including phenoxy) is 2. The first-order chi connectivity index (χ1) is 8.72. The third kappa shape index (κ3) is 2.62. The molecule has 4 nitrogen and oxygen atoms in total. The normalized spacial score (nSPS) is 10.1. The van der Waals surface area contributed by atoms with E-state index in [1.165, 1.54) is 7.11 Å². The molecular weight excluding hydrogens is 250 g/mol. The SMILES string of the molecule is COc1cccc(N)c1C(=O)OCc1ccsc1. The van der Waals surface area contributed by atoms with Gasteiger partial charge in [-0.1, -0.05) is 6.07 Å². The van der Waals surface area contributed by atoms with Gasteiger partial charge in [0.2, 0.25) is 0 Å². The number of carbonyl (C=O) groups excluding carboxylic acids is 1. The molecule has 0 radical (unpaired) electrons. The number of thiophene rings is 1. The van der Waals surface area contributed by atoms with E-state index in [9.17, 15) is 4.79 Å². The molecule has 5 heteroatoms. The lowest BCUT2D eigenvalue weighted by Gasteiger charge is -2.10. The second-order valence-electron chi connectivity index (χ2n) is 3.63. The van der Waals surface area contributed by atoms with Crippen molar-refractivity contribution in [3.8, 4) is 5.75 Å². The highest BCUT2D eigenvalue weighted by atomic mass is 32.1. The van der Waals surface area contributed by atoms with Crippen LogP contribution in [-0.4, -0.2) is 13.1 Å². The third-order valence-corrected chi connectivity index (χ3v) is 3.16. The molecule has 0 fully saturated rings. The van der Waals surface area contributed by atoms with E-state index in [1.807, 2.05) is 16.8 Å². The zero-order valence-corrected chi connectivity index (χ0v) is 10.7. The molecule has 0 aliphatic carbocycles. The molecule has 0 saturated carbocycles. The quantitative estimate of drug-likeness (QED) is 0.680. The van der Waals surface area contributed by atoms with Crippen molar-refractivity contribution in [3.63, 3.8) is 0 Å². The van der Waals surface area contributed by atoms with E-state index >= 15 is 0 Å². The zero-order chi connectivity index (χ0) is 13.0. The number of nitrogens with two attached hydrogens (primary N) is 1. The van der Waals surface area contributed by atoms with E-state index in [2.05, 4.69) is 0 Å². The van der Waals surface area contributed by atoms with Crippen molar-refractivity contribution >= 4 is 23.0 Å². The lowest BCUT2D eigenvalue weighted by molar-refractivity contribution is 0.0471. The maximum atomic E-state index is 12.0. The van der Waals surface area contributed by atoms with Crippen LogP contribution < -0.4 is 10.5 Å². The Bertz CT molecular complexity index is 537. The van der Waals surface area contributed by atoms with Crippen molar-refractivity contribution in [3.05, 3.63) is 46.2 Å².